The van der Waals surface area contributed by atoms with Crippen molar-refractivity contribution in [1.82, 2.24) is 0 Å². The first-order valence-electron chi connectivity index (χ1n) is 4.64. The van der Waals surface area contributed by atoms with E-state index in [0.717, 1.165) is 0 Å². The standard InChI is InChI=1S/C10Cl10.Sb.3H/c11-1-2(12)6(16)9(19,5(1)15)10(20)7(17)3(13)4(14)8(10)18;;;;. The molecular formula is C10H3Cl10Sb. The maximum atomic E-state index is 6.49. The van der Waals surface area contributed by atoms with Crippen LogP contribution in [0, 0.1) is 0 Å². The molecule has 0 fully saturated rings. The number of hydrogen-bond donors (Lipinski definition) is 0. The van der Waals surface area contributed by atoms with E-state index in [1.54, 1.807) is 0 Å². The van der Waals surface area contributed by atoms with Crippen LogP contribution in [0.5, 0.6) is 0 Å². The van der Waals surface area contributed by atoms with Gasteiger partial charge in [-0.3, -0.25) is 0 Å². The van der Waals surface area contributed by atoms with Crippen LogP contribution in [0.4, 0.5) is 0 Å². The third-order valence-electron chi connectivity index (χ3n) is 2.84. The van der Waals surface area contributed by atoms with Gasteiger partial charge in [-0.05, 0) is 0 Å². The van der Waals surface area contributed by atoms with Crippen molar-refractivity contribution < 1.29 is 0 Å². The fraction of sp³-hybridized carbons (Fsp3) is 0.200. The average Bonchev–Trinajstić information content (AvgIpc) is 2.68. The van der Waals surface area contributed by atoms with Gasteiger partial charge in [0.2, 0.25) is 0 Å². The summed E-state index contributed by atoms with van der Waals surface area (Å²) >= 11 is 61.3. The first-order valence-corrected chi connectivity index (χ1v) is 8.42. The second-order valence-electron chi connectivity index (χ2n) is 3.83. The van der Waals surface area contributed by atoms with Gasteiger partial charge in [0.1, 0.15) is 9.75 Å². The molecule has 21 heavy (non-hydrogen) atoms. The monoisotopic (exact) mass is 594 g/mol. The van der Waals surface area contributed by atoms with Crippen molar-refractivity contribution in [2.45, 2.75) is 9.75 Å². The van der Waals surface area contributed by atoms with Crippen LogP contribution >= 0.6 is 116 Å². The minimum absolute atomic E-state index is 0. The van der Waals surface area contributed by atoms with Crippen LogP contribution < -0.4 is 0 Å². The van der Waals surface area contributed by atoms with Crippen molar-refractivity contribution in [2.24, 2.45) is 0 Å². The fourth-order valence-electron chi connectivity index (χ4n) is 1.79. The summed E-state index contributed by atoms with van der Waals surface area (Å²) in [6.07, 6.45) is 0. The van der Waals surface area contributed by atoms with Gasteiger partial charge in [-0.1, -0.05) is 92.8 Å². The van der Waals surface area contributed by atoms with Gasteiger partial charge >= 0.3 is 24.4 Å². The molecular weight excluding hydrogens is 596 g/mol. The van der Waals surface area contributed by atoms with E-state index in [9.17, 15) is 0 Å². The molecule has 0 amide bonds. The zero-order valence-electron chi connectivity index (χ0n) is 9.49. The molecule has 0 saturated heterocycles. The molecule has 118 valence electrons. The number of rotatable bonds is 1. The molecule has 0 aromatic rings. The second kappa shape index (κ2) is 7.12. The molecule has 0 aliphatic heterocycles. The minimum atomic E-state index is -1.81. The van der Waals surface area contributed by atoms with E-state index in [1.807, 2.05) is 0 Å². The van der Waals surface area contributed by atoms with Gasteiger partial charge in [0.05, 0.1) is 40.3 Å². The van der Waals surface area contributed by atoms with Crippen LogP contribution in [-0.4, -0.2) is 34.2 Å². The van der Waals surface area contributed by atoms with Gasteiger partial charge in [0.15, 0.2) is 0 Å². The van der Waals surface area contributed by atoms with Crippen LogP contribution in [0.15, 0.2) is 40.3 Å². The quantitative estimate of drug-likeness (QED) is 0.237. The Morgan fingerprint density at radius 3 is 0.714 bits per heavy atom. The Hall–Kier alpha value is 2.68. The summed E-state index contributed by atoms with van der Waals surface area (Å²) in [4.78, 5) is -3.62. The SMILES string of the molecule is ClC1=C(Cl)C(Cl)(C2(Cl)C(Cl)=C(Cl)C(Cl)=C2Cl)C(Cl)=C1Cl.[SbH3]. The second-order valence-corrected chi connectivity index (χ2v) is 7.99. The van der Waals surface area contributed by atoms with E-state index in [1.165, 1.54) is 0 Å². The molecule has 0 nitrogen and oxygen atoms in total. The van der Waals surface area contributed by atoms with Crippen LogP contribution in [0.25, 0.3) is 0 Å². The van der Waals surface area contributed by atoms with Crippen molar-refractivity contribution in [3.05, 3.63) is 40.3 Å². The van der Waals surface area contributed by atoms with Gasteiger partial charge < -0.3 is 0 Å². The maximum absolute atomic E-state index is 6.49. The summed E-state index contributed by atoms with van der Waals surface area (Å²) in [5.41, 5.74) is 0. The third-order valence-corrected chi connectivity index (χ3v) is 8.63. The van der Waals surface area contributed by atoms with Gasteiger partial charge in [-0.15, -0.1) is 23.2 Å². The van der Waals surface area contributed by atoms with Crippen molar-refractivity contribution in [2.75, 3.05) is 0 Å². The number of allylic oxidation sites excluding steroid dienone is 8. The predicted octanol–water partition coefficient (Wildman–Crippen LogP) is 6.54. The molecule has 0 spiro atoms. The van der Waals surface area contributed by atoms with Crippen molar-refractivity contribution in [3.63, 3.8) is 0 Å². The first-order chi connectivity index (χ1) is 9.02. The van der Waals surface area contributed by atoms with Gasteiger partial charge in [-0.25, -0.2) is 0 Å². The number of halogens is 10. The van der Waals surface area contributed by atoms with Gasteiger partial charge in [0.25, 0.3) is 0 Å². The van der Waals surface area contributed by atoms with E-state index in [0.29, 0.717) is 0 Å². The van der Waals surface area contributed by atoms with Gasteiger partial charge in [-0.2, -0.15) is 0 Å². The molecule has 0 bridgehead atoms. The summed E-state index contributed by atoms with van der Waals surface area (Å²) in [7, 11) is 0. The Balaban J connectivity index is 0.00000220. The average molecular weight is 599 g/mol. The first kappa shape index (κ1) is 21.7. The summed E-state index contributed by atoms with van der Waals surface area (Å²) in [5.74, 6) is 0. The zero-order valence-corrected chi connectivity index (χ0v) is 21.1. The van der Waals surface area contributed by atoms with E-state index in [-0.39, 0.29) is 64.7 Å². The normalized spacial score (nSPS) is 24.3. The Kier molecular flexibility index (Phi) is 7.37. The number of hydrogen-bond acceptors (Lipinski definition) is 0. The number of alkyl halides is 2. The molecule has 0 N–H and O–H groups in total. The molecule has 0 atom stereocenters. The molecule has 0 aromatic heterocycles. The topological polar surface area (TPSA) is 0 Å². The Labute approximate surface area is 188 Å². The Morgan fingerprint density at radius 1 is 0.429 bits per heavy atom. The molecule has 0 radical (unpaired) electrons. The van der Waals surface area contributed by atoms with Crippen molar-refractivity contribution >= 4 is 140 Å². The summed E-state index contributed by atoms with van der Waals surface area (Å²) < 4.78 is 0. The summed E-state index contributed by atoms with van der Waals surface area (Å²) in [5, 5.41) is -0.724. The Bertz CT molecular complexity index is 536. The summed E-state index contributed by atoms with van der Waals surface area (Å²) in [6.45, 7) is 0. The molecule has 2 rings (SSSR count). The summed E-state index contributed by atoms with van der Waals surface area (Å²) in [6, 6.07) is 0. The third kappa shape index (κ3) is 2.72. The van der Waals surface area contributed by atoms with E-state index < -0.39 is 9.75 Å². The van der Waals surface area contributed by atoms with E-state index >= 15 is 0 Å². The zero-order chi connectivity index (χ0) is 15.6. The molecule has 0 aromatic carbocycles. The molecule has 0 unspecified atom stereocenters. The van der Waals surface area contributed by atoms with Crippen LogP contribution in [0.1, 0.15) is 0 Å². The van der Waals surface area contributed by atoms with Crippen LogP contribution in [0.3, 0.4) is 0 Å². The fourth-order valence-corrected chi connectivity index (χ4v) is 5.49. The van der Waals surface area contributed by atoms with E-state index in [4.69, 9.17) is 116 Å². The van der Waals surface area contributed by atoms with Gasteiger partial charge in [0, 0.05) is 0 Å². The van der Waals surface area contributed by atoms with Crippen LogP contribution in [0.2, 0.25) is 0 Å². The molecule has 2 aliphatic rings. The predicted molar refractivity (Wildman–Crippen MR) is 102 cm³/mol. The molecule has 0 heterocycles. The van der Waals surface area contributed by atoms with Crippen molar-refractivity contribution in [3.8, 4) is 0 Å². The molecule has 2 aliphatic carbocycles. The van der Waals surface area contributed by atoms with E-state index in [2.05, 4.69) is 0 Å². The molecule has 11 heteroatoms. The van der Waals surface area contributed by atoms with Crippen LogP contribution in [-0.2, 0) is 0 Å². The molecule has 0 saturated carbocycles. The Morgan fingerprint density at radius 2 is 0.571 bits per heavy atom. The van der Waals surface area contributed by atoms with Crippen molar-refractivity contribution in [1.29, 1.82) is 0 Å².